The second-order valence-corrected chi connectivity index (χ2v) is 11.5. The highest BCUT2D eigenvalue weighted by Crippen LogP contribution is 2.49. The van der Waals surface area contributed by atoms with Gasteiger partial charge in [-0.05, 0) is 58.6 Å². The third-order valence-electron chi connectivity index (χ3n) is 7.32. The summed E-state index contributed by atoms with van der Waals surface area (Å²) in [4.78, 5) is 32.2. The summed E-state index contributed by atoms with van der Waals surface area (Å²) in [5, 5.41) is 2.77. The molecule has 1 fully saturated rings. The zero-order valence-electron chi connectivity index (χ0n) is 22.1. The lowest BCUT2D eigenvalue weighted by Gasteiger charge is -2.39. The monoisotopic (exact) mass is 542 g/mol. The summed E-state index contributed by atoms with van der Waals surface area (Å²) >= 11 is 0. The number of halogens is 4. The zero-order valence-corrected chi connectivity index (χ0v) is 22.1. The van der Waals surface area contributed by atoms with Crippen molar-refractivity contribution in [1.29, 1.82) is 0 Å². The molecule has 0 aromatic heterocycles. The molecule has 1 aromatic rings. The fourth-order valence-corrected chi connectivity index (χ4v) is 5.60. The highest BCUT2D eigenvalue weighted by atomic mass is 19.4. The molecule has 0 spiro atoms. The SMILES string of the molecule is COCC[C@@H]([C@@H]1C[C@H]1C(=O)NC1CC(C)(C)Oc2c(C(F)(F)F)ccc(F)c21)N1C(=O)CC(C)(C)N=C1N. The number of ether oxygens (including phenoxy) is 2. The number of fused-ring (bicyclic) bond motifs is 1. The maximum absolute atomic E-state index is 14.9. The fourth-order valence-electron chi connectivity index (χ4n) is 5.60. The Kier molecular flexibility index (Phi) is 7.17. The summed E-state index contributed by atoms with van der Waals surface area (Å²) in [6.07, 6.45) is -3.66. The highest BCUT2D eigenvalue weighted by molar-refractivity contribution is 5.99. The average Bonchev–Trinajstić information content (AvgIpc) is 3.53. The van der Waals surface area contributed by atoms with Gasteiger partial charge in [0, 0.05) is 32.1 Å². The van der Waals surface area contributed by atoms with Crippen LogP contribution in [-0.2, 0) is 20.5 Å². The van der Waals surface area contributed by atoms with Crippen LogP contribution in [0.4, 0.5) is 17.6 Å². The van der Waals surface area contributed by atoms with Gasteiger partial charge < -0.3 is 20.5 Å². The molecule has 38 heavy (non-hydrogen) atoms. The van der Waals surface area contributed by atoms with E-state index in [2.05, 4.69) is 10.3 Å². The largest absolute Gasteiger partial charge is 0.487 e. The van der Waals surface area contributed by atoms with Crippen LogP contribution in [0.1, 0.15) is 70.5 Å². The molecule has 8 nitrogen and oxygen atoms in total. The van der Waals surface area contributed by atoms with E-state index in [1.54, 1.807) is 13.8 Å². The molecule has 3 N–H and O–H groups in total. The Morgan fingerprint density at radius 2 is 2.00 bits per heavy atom. The Morgan fingerprint density at radius 1 is 1.32 bits per heavy atom. The van der Waals surface area contributed by atoms with Crippen LogP contribution in [0.3, 0.4) is 0 Å². The molecular weight excluding hydrogens is 508 g/mol. The van der Waals surface area contributed by atoms with E-state index in [4.69, 9.17) is 15.2 Å². The first kappa shape index (κ1) is 28.1. The van der Waals surface area contributed by atoms with E-state index in [0.29, 0.717) is 25.5 Å². The van der Waals surface area contributed by atoms with Crippen molar-refractivity contribution >= 4 is 17.8 Å². The molecule has 1 unspecified atom stereocenters. The smallest absolute Gasteiger partial charge is 0.419 e. The van der Waals surface area contributed by atoms with Gasteiger partial charge in [-0.15, -0.1) is 0 Å². The maximum Gasteiger partial charge on any atom is 0.419 e. The van der Waals surface area contributed by atoms with Gasteiger partial charge in [-0.3, -0.25) is 14.5 Å². The summed E-state index contributed by atoms with van der Waals surface area (Å²) in [6.45, 7) is 7.12. The quantitative estimate of drug-likeness (QED) is 0.508. The van der Waals surface area contributed by atoms with Gasteiger partial charge in [-0.1, -0.05) is 0 Å². The minimum atomic E-state index is -4.76. The zero-order chi connectivity index (χ0) is 28.2. The highest BCUT2D eigenvalue weighted by Gasteiger charge is 2.53. The first-order valence-electron chi connectivity index (χ1n) is 12.6. The number of nitrogens with one attached hydrogen (secondary N) is 1. The maximum atomic E-state index is 14.9. The standard InChI is InChI=1S/C26H34F4N4O4/c1-24(2)12-19(35)34(23(31)33-24)18(8-9-37-5)13-10-14(13)22(36)32-17-11-25(3,4)38-21-15(26(28,29)30)6-7-16(27)20(17)21/h6-7,13-14,17-18H,8-12H2,1-5H3,(H2,31,33)(H,32,36)/t13-,14-,17?,18+/m1/s1. The van der Waals surface area contributed by atoms with Crippen LogP contribution in [0, 0.1) is 17.7 Å². The summed E-state index contributed by atoms with van der Waals surface area (Å²) in [6, 6.07) is -0.0695. The van der Waals surface area contributed by atoms with Crippen LogP contribution in [0.5, 0.6) is 5.75 Å². The number of guanidine groups is 1. The summed E-state index contributed by atoms with van der Waals surface area (Å²) in [5.41, 5.74) is 3.05. The number of aliphatic imine (C=N–C) groups is 1. The van der Waals surface area contributed by atoms with E-state index < -0.39 is 58.4 Å². The molecule has 1 saturated carbocycles. The van der Waals surface area contributed by atoms with E-state index in [0.717, 1.165) is 6.07 Å². The van der Waals surface area contributed by atoms with Crippen LogP contribution in [0.15, 0.2) is 17.1 Å². The molecule has 2 heterocycles. The third-order valence-corrected chi connectivity index (χ3v) is 7.32. The van der Waals surface area contributed by atoms with Gasteiger partial charge in [0.15, 0.2) is 5.96 Å². The van der Waals surface area contributed by atoms with Gasteiger partial charge >= 0.3 is 6.18 Å². The van der Waals surface area contributed by atoms with Crippen LogP contribution in [0.25, 0.3) is 0 Å². The minimum Gasteiger partial charge on any atom is -0.487 e. The van der Waals surface area contributed by atoms with Crippen molar-refractivity contribution in [3.8, 4) is 5.75 Å². The van der Waals surface area contributed by atoms with Crippen molar-refractivity contribution in [3.05, 3.63) is 29.1 Å². The summed E-state index contributed by atoms with van der Waals surface area (Å²) < 4.78 is 66.6. The molecule has 0 saturated heterocycles. The second-order valence-electron chi connectivity index (χ2n) is 11.5. The Hall–Kier alpha value is -2.89. The summed E-state index contributed by atoms with van der Waals surface area (Å²) in [5.74, 6) is -2.82. The van der Waals surface area contributed by atoms with Crippen molar-refractivity contribution in [2.45, 2.75) is 82.8 Å². The lowest BCUT2D eigenvalue weighted by atomic mass is 9.87. The molecule has 1 aromatic carbocycles. The Balaban J connectivity index is 1.57. The van der Waals surface area contributed by atoms with Gasteiger partial charge in [-0.25, -0.2) is 9.38 Å². The molecule has 4 atom stereocenters. The number of hydrogen-bond donors (Lipinski definition) is 2. The molecule has 210 valence electrons. The first-order valence-corrected chi connectivity index (χ1v) is 12.6. The van der Waals surface area contributed by atoms with Gasteiger partial charge in [-0.2, -0.15) is 13.2 Å². The Labute approximate surface area is 218 Å². The number of methoxy groups -OCH3 is 1. The predicted molar refractivity (Wildman–Crippen MR) is 131 cm³/mol. The normalized spacial score (nSPS) is 26.7. The van der Waals surface area contributed by atoms with Crippen LogP contribution < -0.4 is 15.8 Å². The number of carbonyl (C=O) groups excluding carboxylic acids is 2. The van der Waals surface area contributed by atoms with Crippen molar-refractivity contribution in [1.82, 2.24) is 10.2 Å². The van der Waals surface area contributed by atoms with E-state index in [1.807, 2.05) is 13.8 Å². The van der Waals surface area contributed by atoms with Crippen LogP contribution in [-0.4, -0.2) is 53.6 Å². The second kappa shape index (κ2) is 9.69. The molecule has 0 bridgehead atoms. The Morgan fingerprint density at radius 3 is 2.61 bits per heavy atom. The molecule has 3 aliphatic rings. The number of carbonyl (C=O) groups is 2. The molecular formula is C26H34F4N4O4. The van der Waals surface area contributed by atoms with Crippen LogP contribution >= 0.6 is 0 Å². The number of hydrogen-bond acceptors (Lipinski definition) is 6. The molecule has 1 aliphatic carbocycles. The molecule has 0 radical (unpaired) electrons. The van der Waals surface area contributed by atoms with Crippen molar-refractivity contribution in [2.24, 2.45) is 22.6 Å². The number of benzene rings is 1. The van der Waals surface area contributed by atoms with Crippen molar-refractivity contribution in [2.75, 3.05) is 13.7 Å². The van der Waals surface area contributed by atoms with Gasteiger partial charge in [0.1, 0.15) is 17.2 Å². The van der Waals surface area contributed by atoms with Gasteiger partial charge in [0.25, 0.3) is 0 Å². The number of nitrogens with two attached hydrogens (primary N) is 1. The fraction of sp³-hybridized carbons (Fsp3) is 0.654. The minimum absolute atomic E-state index is 0.0771. The number of alkyl halides is 3. The van der Waals surface area contributed by atoms with E-state index in [-0.39, 0.29) is 36.2 Å². The van der Waals surface area contributed by atoms with Gasteiger partial charge in [0.05, 0.1) is 29.1 Å². The third kappa shape index (κ3) is 5.60. The lowest BCUT2D eigenvalue weighted by Crippen LogP contribution is -2.55. The van der Waals surface area contributed by atoms with E-state index in [1.165, 1.54) is 12.0 Å². The predicted octanol–water partition coefficient (Wildman–Crippen LogP) is 3.93. The Bertz CT molecular complexity index is 1150. The van der Waals surface area contributed by atoms with E-state index in [9.17, 15) is 27.2 Å². The lowest BCUT2D eigenvalue weighted by molar-refractivity contribution is -0.140. The van der Waals surface area contributed by atoms with Crippen molar-refractivity contribution < 1.29 is 36.6 Å². The first-order chi connectivity index (χ1) is 17.5. The molecule has 12 heteroatoms. The summed E-state index contributed by atoms with van der Waals surface area (Å²) in [7, 11) is 1.53. The number of rotatable bonds is 7. The topological polar surface area (TPSA) is 106 Å². The van der Waals surface area contributed by atoms with Crippen molar-refractivity contribution in [3.63, 3.8) is 0 Å². The van der Waals surface area contributed by atoms with E-state index >= 15 is 0 Å². The number of nitrogens with zero attached hydrogens (tertiary/aromatic N) is 2. The van der Waals surface area contributed by atoms with Crippen LogP contribution in [0.2, 0.25) is 0 Å². The molecule has 2 amide bonds. The molecule has 4 rings (SSSR count). The van der Waals surface area contributed by atoms with Gasteiger partial charge in [0.2, 0.25) is 11.8 Å². The number of amides is 2. The molecule has 2 aliphatic heterocycles. The average molecular weight is 543 g/mol.